The van der Waals surface area contributed by atoms with E-state index in [9.17, 15) is 5.26 Å². The van der Waals surface area contributed by atoms with Crippen molar-refractivity contribution >= 4 is 5.69 Å². The van der Waals surface area contributed by atoms with Crippen molar-refractivity contribution in [3.8, 4) is 6.07 Å². The molecule has 2 heterocycles. The second-order valence-corrected chi connectivity index (χ2v) is 9.56. The number of nitrogens with zero attached hydrogens (tertiary/aromatic N) is 2. The zero-order valence-corrected chi connectivity index (χ0v) is 19.7. The fraction of sp³-hybridized carbons (Fsp3) is 0.741. The zero-order chi connectivity index (χ0) is 21.9. The quantitative estimate of drug-likeness (QED) is 0.358. The number of hydrogen-bond donors (Lipinski definition) is 0. The summed E-state index contributed by atoms with van der Waals surface area (Å²) in [5, 5.41) is 10.5. The fourth-order valence-corrected chi connectivity index (χ4v) is 5.45. The molecule has 0 aliphatic carbocycles. The molecule has 0 N–H and O–H groups in total. The molecule has 31 heavy (non-hydrogen) atoms. The molecule has 2 aliphatic rings. The molecule has 4 heteroatoms. The smallest absolute Gasteiger partial charge is 0.157 e. The summed E-state index contributed by atoms with van der Waals surface area (Å²) < 4.78 is 12.3. The van der Waals surface area contributed by atoms with Gasteiger partial charge in [0, 0.05) is 24.8 Å². The minimum atomic E-state index is -0.512. The Hall–Kier alpha value is -1.57. The Balaban J connectivity index is 1.69. The maximum absolute atomic E-state index is 10.5. The SMILES string of the molecule is CCCCCCCCC[C@]1(C#N)C[C@H](OC2CCCCO2)C[C@H](C)N1c1ccccc1. The summed E-state index contributed by atoms with van der Waals surface area (Å²) in [7, 11) is 0. The van der Waals surface area contributed by atoms with Gasteiger partial charge in [0.05, 0.1) is 12.2 Å². The number of hydrogen-bond acceptors (Lipinski definition) is 4. The maximum atomic E-state index is 10.5. The van der Waals surface area contributed by atoms with Crippen LogP contribution in [-0.2, 0) is 9.47 Å². The first kappa shape index (κ1) is 24.1. The van der Waals surface area contributed by atoms with Crippen LogP contribution in [0.4, 0.5) is 5.69 Å². The number of nitriles is 1. The van der Waals surface area contributed by atoms with Crippen LogP contribution < -0.4 is 4.90 Å². The Labute approximate surface area is 189 Å². The summed E-state index contributed by atoms with van der Waals surface area (Å²) in [5.74, 6) is 0. The van der Waals surface area contributed by atoms with E-state index in [0.717, 1.165) is 50.8 Å². The third-order valence-corrected chi connectivity index (χ3v) is 6.99. The van der Waals surface area contributed by atoms with Gasteiger partial charge >= 0.3 is 0 Å². The molecule has 2 fully saturated rings. The van der Waals surface area contributed by atoms with Crippen molar-refractivity contribution < 1.29 is 9.47 Å². The van der Waals surface area contributed by atoms with E-state index in [1.807, 2.05) is 0 Å². The van der Waals surface area contributed by atoms with Crippen LogP contribution in [0.2, 0.25) is 0 Å². The molecule has 1 unspecified atom stereocenters. The summed E-state index contributed by atoms with van der Waals surface area (Å²) in [6.45, 7) is 5.31. The van der Waals surface area contributed by atoms with E-state index in [0.29, 0.717) is 0 Å². The van der Waals surface area contributed by atoms with Crippen LogP contribution >= 0.6 is 0 Å². The normalized spacial score (nSPS) is 28.9. The summed E-state index contributed by atoms with van der Waals surface area (Å²) >= 11 is 0. The fourth-order valence-electron chi connectivity index (χ4n) is 5.45. The van der Waals surface area contributed by atoms with Gasteiger partial charge in [-0.2, -0.15) is 5.26 Å². The Morgan fingerprint density at radius 1 is 1.10 bits per heavy atom. The molecule has 4 atom stereocenters. The van der Waals surface area contributed by atoms with Gasteiger partial charge in [0.25, 0.3) is 0 Å². The van der Waals surface area contributed by atoms with Gasteiger partial charge in [0.15, 0.2) is 6.29 Å². The molecule has 172 valence electrons. The average Bonchev–Trinajstić information content (AvgIpc) is 2.79. The Morgan fingerprint density at radius 2 is 1.84 bits per heavy atom. The molecule has 1 aromatic rings. The number of anilines is 1. The molecular formula is C27H42N2O2. The largest absolute Gasteiger partial charge is 0.353 e. The van der Waals surface area contributed by atoms with E-state index in [1.165, 1.54) is 44.9 Å². The van der Waals surface area contributed by atoms with Gasteiger partial charge in [-0.1, -0.05) is 70.1 Å². The third kappa shape index (κ3) is 6.70. The van der Waals surface area contributed by atoms with Crippen molar-refractivity contribution in [1.82, 2.24) is 0 Å². The van der Waals surface area contributed by atoms with E-state index >= 15 is 0 Å². The predicted molar refractivity (Wildman–Crippen MR) is 127 cm³/mol. The Morgan fingerprint density at radius 3 is 2.52 bits per heavy atom. The van der Waals surface area contributed by atoms with E-state index in [4.69, 9.17) is 9.47 Å². The molecule has 0 aromatic heterocycles. The highest BCUT2D eigenvalue weighted by Gasteiger charge is 2.46. The van der Waals surface area contributed by atoms with Gasteiger partial charge in [-0.3, -0.25) is 0 Å². The van der Waals surface area contributed by atoms with Crippen molar-refractivity contribution in [3.05, 3.63) is 30.3 Å². The first-order valence-electron chi connectivity index (χ1n) is 12.7. The lowest BCUT2D eigenvalue weighted by Crippen LogP contribution is -2.59. The summed E-state index contributed by atoms with van der Waals surface area (Å²) in [5.41, 5.74) is 0.647. The van der Waals surface area contributed by atoms with Gasteiger partial charge < -0.3 is 14.4 Å². The van der Waals surface area contributed by atoms with Crippen molar-refractivity contribution in [2.45, 2.75) is 121 Å². The van der Waals surface area contributed by atoms with Gasteiger partial charge in [0.1, 0.15) is 5.54 Å². The van der Waals surface area contributed by atoms with Gasteiger partial charge in [0.2, 0.25) is 0 Å². The van der Waals surface area contributed by atoms with E-state index in [-0.39, 0.29) is 18.4 Å². The first-order valence-corrected chi connectivity index (χ1v) is 12.7. The predicted octanol–water partition coefficient (Wildman–Crippen LogP) is 6.99. The van der Waals surface area contributed by atoms with Crippen LogP contribution in [0, 0.1) is 11.3 Å². The molecule has 4 nitrogen and oxygen atoms in total. The topological polar surface area (TPSA) is 45.5 Å². The van der Waals surface area contributed by atoms with Gasteiger partial charge in [-0.15, -0.1) is 0 Å². The molecular weight excluding hydrogens is 384 g/mol. The van der Waals surface area contributed by atoms with Crippen molar-refractivity contribution in [3.63, 3.8) is 0 Å². The lowest BCUT2D eigenvalue weighted by Gasteiger charge is -2.51. The van der Waals surface area contributed by atoms with Crippen molar-refractivity contribution in [2.24, 2.45) is 0 Å². The van der Waals surface area contributed by atoms with E-state index < -0.39 is 5.54 Å². The van der Waals surface area contributed by atoms with Crippen LogP contribution in [0.5, 0.6) is 0 Å². The zero-order valence-electron chi connectivity index (χ0n) is 19.7. The third-order valence-electron chi connectivity index (χ3n) is 6.99. The highest BCUT2D eigenvalue weighted by Crippen LogP contribution is 2.41. The lowest BCUT2D eigenvalue weighted by molar-refractivity contribution is -0.196. The van der Waals surface area contributed by atoms with Gasteiger partial charge in [-0.05, 0) is 51.2 Å². The van der Waals surface area contributed by atoms with Gasteiger partial charge in [-0.25, -0.2) is 0 Å². The molecule has 0 radical (unpaired) electrons. The van der Waals surface area contributed by atoms with Crippen molar-refractivity contribution in [1.29, 1.82) is 5.26 Å². The summed E-state index contributed by atoms with van der Waals surface area (Å²) in [4.78, 5) is 2.39. The van der Waals surface area contributed by atoms with E-state index in [1.54, 1.807) is 0 Å². The molecule has 0 spiro atoms. The first-order chi connectivity index (χ1) is 15.2. The second-order valence-electron chi connectivity index (χ2n) is 9.56. The van der Waals surface area contributed by atoms with E-state index in [2.05, 4.69) is 55.1 Å². The van der Waals surface area contributed by atoms with Crippen LogP contribution in [0.3, 0.4) is 0 Å². The number of unbranched alkanes of at least 4 members (excludes halogenated alkanes) is 6. The molecule has 1 aromatic carbocycles. The highest BCUT2D eigenvalue weighted by molar-refractivity contribution is 5.53. The Kier molecular flexibility index (Phi) is 9.68. The summed E-state index contributed by atoms with van der Waals surface area (Å²) in [6, 6.07) is 13.6. The number of piperidine rings is 1. The molecule has 2 saturated heterocycles. The van der Waals surface area contributed by atoms with Crippen LogP contribution in [-0.4, -0.2) is 30.6 Å². The maximum Gasteiger partial charge on any atom is 0.157 e. The number of para-hydroxylation sites is 1. The van der Waals surface area contributed by atoms with Crippen LogP contribution in [0.1, 0.15) is 97.3 Å². The van der Waals surface area contributed by atoms with Crippen LogP contribution in [0.15, 0.2) is 30.3 Å². The minimum absolute atomic E-state index is 0.0854. The second kappa shape index (κ2) is 12.5. The molecule has 0 saturated carbocycles. The van der Waals surface area contributed by atoms with Crippen LogP contribution in [0.25, 0.3) is 0 Å². The molecule has 2 aliphatic heterocycles. The molecule has 0 bridgehead atoms. The number of ether oxygens (including phenoxy) is 2. The number of rotatable bonds is 11. The van der Waals surface area contributed by atoms with Crippen molar-refractivity contribution in [2.75, 3.05) is 11.5 Å². The minimum Gasteiger partial charge on any atom is -0.353 e. The highest BCUT2D eigenvalue weighted by atomic mass is 16.7. The summed E-state index contributed by atoms with van der Waals surface area (Å²) in [6.07, 6.45) is 14.7. The molecule has 3 rings (SSSR count). The standard InChI is InChI=1S/C27H42N2O2/c1-3-4-5-6-7-8-13-18-27(22-28)21-25(31-26-17-12-14-19-30-26)20-23(2)29(27)24-15-10-9-11-16-24/h9-11,15-16,23,25-26H,3-8,12-14,17-21H2,1-2H3/t23-,25+,26?,27+/m0/s1. The number of benzene rings is 1. The lowest BCUT2D eigenvalue weighted by atomic mass is 9.78. The average molecular weight is 427 g/mol. The Bertz CT molecular complexity index is 668. The monoisotopic (exact) mass is 426 g/mol. The molecule has 0 amide bonds.